The summed E-state index contributed by atoms with van der Waals surface area (Å²) < 4.78 is 61.2. The Morgan fingerprint density at radius 3 is 2.34 bits per heavy atom. The Bertz CT molecular complexity index is 1370. The Balaban J connectivity index is 1.40. The van der Waals surface area contributed by atoms with Crippen LogP contribution >= 0.6 is 27.5 Å². The Morgan fingerprint density at radius 1 is 1.03 bits per heavy atom. The summed E-state index contributed by atoms with van der Waals surface area (Å²) in [5, 5.41) is 7.64. The van der Waals surface area contributed by atoms with Gasteiger partial charge in [0.2, 0.25) is 11.6 Å². The summed E-state index contributed by atoms with van der Waals surface area (Å²) >= 11 is 9.55. The van der Waals surface area contributed by atoms with Crippen molar-refractivity contribution in [1.82, 2.24) is 9.78 Å². The van der Waals surface area contributed by atoms with Crippen molar-refractivity contribution in [2.75, 3.05) is 5.32 Å². The van der Waals surface area contributed by atoms with Crippen molar-refractivity contribution < 1.29 is 27.1 Å². The smallest absolute Gasteiger partial charge is 0.256 e. The molecule has 0 bridgehead atoms. The highest BCUT2D eigenvalue weighted by Crippen LogP contribution is 2.27. The molecule has 0 aliphatic rings. The molecule has 0 aliphatic heterocycles. The van der Waals surface area contributed by atoms with Crippen molar-refractivity contribution in [1.29, 1.82) is 0 Å². The van der Waals surface area contributed by atoms with Gasteiger partial charge in [-0.25, -0.2) is 8.78 Å². The molecule has 1 amide bonds. The summed E-state index contributed by atoms with van der Waals surface area (Å²) in [6.07, 6.45) is 1.70. The molecule has 0 spiro atoms. The second-order valence-electron chi connectivity index (χ2n) is 7.35. The third-order valence-electron chi connectivity index (χ3n) is 4.91. The molecule has 0 unspecified atom stereocenters. The van der Waals surface area contributed by atoms with Crippen molar-refractivity contribution in [3.8, 4) is 5.75 Å². The summed E-state index contributed by atoms with van der Waals surface area (Å²) in [4.78, 5) is 12.6. The normalized spacial score (nSPS) is 10.9. The van der Waals surface area contributed by atoms with Gasteiger partial charge >= 0.3 is 0 Å². The van der Waals surface area contributed by atoms with Crippen LogP contribution < -0.4 is 10.1 Å². The highest BCUT2D eigenvalue weighted by atomic mass is 79.9. The first kappa shape index (κ1) is 24.7. The molecular weight excluding hydrogens is 554 g/mol. The fraction of sp³-hybridized carbons (Fsp3) is 0.0833. The lowest BCUT2D eigenvalue weighted by atomic mass is 10.1. The second kappa shape index (κ2) is 10.5. The van der Waals surface area contributed by atoms with Crippen LogP contribution in [0.5, 0.6) is 5.75 Å². The maximum Gasteiger partial charge on any atom is 0.256 e. The van der Waals surface area contributed by atoms with E-state index in [1.165, 1.54) is 24.3 Å². The molecule has 4 rings (SSSR count). The molecule has 180 valence electrons. The lowest BCUT2D eigenvalue weighted by Gasteiger charge is -2.10. The van der Waals surface area contributed by atoms with Gasteiger partial charge in [-0.15, -0.1) is 0 Å². The minimum Gasteiger partial charge on any atom is -0.483 e. The van der Waals surface area contributed by atoms with E-state index in [1.807, 2.05) is 18.2 Å². The molecule has 0 saturated heterocycles. The van der Waals surface area contributed by atoms with Crippen LogP contribution in [0.1, 0.15) is 21.5 Å². The number of benzene rings is 3. The number of nitrogens with zero attached hydrogens (tertiary/aromatic N) is 2. The second-order valence-corrected chi connectivity index (χ2v) is 8.61. The van der Waals surface area contributed by atoms with Crippen LogP contribution in [0, 0.1) is 23.3 Å². The van der Waals surface area contributed by atoms with Crippen LogP contribution in [0.25, 0.3) is 0 Å². The summed E-state index contributed by atoms with van der Waals surface area (Å²) in [5.41, 5.74) is 1.55. The number of hydrogen-bond acceptors (Lipinski definition) is 3. The zero-order valence-corrected chi connectivity index (χ0v) is 20.0. The maximum absolute atomic E-state index is 13.7. The summed E-state index contributed by atoms with van der Waals surface area (Å²) in [6.45, 7) is 0.0237. The average Bonchev–Trinajstić information content (AvgIpc) is 3.18. The molecule has 0 fully saturated rings. The summed E-state index contributed by atoms with van der Waals surface area (Å²) in [6, 6.07) is 13.3. The average molecular weight is 569 g/mol. The van der Waals surface area contributed by atoms with Crippen LogP contribution in [0.2, 0.25) is 5.02 Å². The van der Waals surface area contributed by atoms with Gasteiger partial charge in [0.15, 0.2) is 23.2 Å². The van der Waals surface area contributed by atoms with Gasteiger partial charge < -0.3 is 10.1 Å². The minimum atomic E-state index is -1.63. The van der Waals surface area contributed by atoms with Crippen molar-refractivity contribution in [2.45, 2.75) is 13.2 Å². The van der Waals surface area contributed by atoms with Crippen molar-refractivity contribution in [2.24, 2.45) is 0 Å². The topological polar surface area (TPSA) is 56.2 Å². The first-order chi connectivity index (χ1) is 16.7. The van der Waals surface area contributed by atoms with Crippen LogP contribution in [0.15, 0.2) is 65.3 Å². The number of halogens is 6. The van der Waals surface area contributed by atoms with Crippen molar-refractivity contribution >= 4 is 39.3 Å². The molecule has 0 radical (unpaired) electrons. The number of rotatable bonds is 7. The lowest BCUT2D eigenvalue weighted by molar-refractivity contribution is 0.102. The number of ether oxygens (including phenoxy) is 1. The van der Waals surface area contributed by atoms with Gasteiger partial charge in [-0.1, -0.05) is 41.9 Å². The summed E-state index contributed by atoms with van der Waals surface area (Å²) in [5.74, 6) is -7.68. The highest BCUT2D eigenvalue weighted by molar-refractivity contribution is 9.10. The molecular formula is C24H15BrClF4N3O2. The Kier molecular flexibility index (Phi) is 7.42. The first-order valence-corrected chi connectivity index (χ1v) is 11.2. The van der Waals surface area contributed by atoms with Crippen molar-refractivity contribution in [3.05, 3.63) is 110 Å². The zero-order valence-electron chi connectivity index (χ0n) is 17.7. The zero-order chi connectivity index (χ0) is 25.1. The fourth-order valence-electron chi connectivity index (χ4n) is 3.13. The van der Waals surface area contributed by atoms with Gasteiger partial charge in [0.25, 0.3) is 5.91 Å². The number of carbonyl (C=O) groups excluding carboxylic acids is 1. The fourth-order valence-corrected chi connectivity index (χ4v) is 3.74. The minimum absolute atomic E-state index is 0.100. The van der Waals surface area contributed by atoms with E-state index in [1.54, 1.807) is 16.9 Å². The van der Waals surface area contributed by atoms with E-state index in [-0.39, 0.29) is 18.2 Å². The van der Waals surface area contributed by atoms with Gasteiger partial charge in [0.05, 0.1) is 11.0 Å². The van der Waals surface area contributed by atoms with Gasteiger partial charge in [0.1, 0.15) is 6.61 Å². The molecule has 4 aromatic rings. The van der Waals surface area contributed by atoms with Gasteiger partial charge in [-0.05, 0) is 45.3 Å². The highest BCUT2D eigenvalue weighted by Gasteiger charge is 2.21. The van der Waals surface area contributed by atoms with Crippen LogP contribution in [-0.2, 0) is 13.2 Å². The van der Waals surface area contributed by atoms with E-state index in [0.717, 1.165) is 5.56 Å². The number of aromatic nitrogens is 2. The lowest BCUT2D eigenvalue weighted by Crippen LogP contribution is -2.13. The largest absolute Gasteiger partial charge is 0.483 e. The molecule has 5 nitrogen and oxygen atoms in total. The molecule has 0 aliphatic carbocycles. The number of amides is 1. The predicted octanol–water partition coefficient (Wildman–Crippen LogP) is 6.74. The van der Waals surface area contributed by atoms with E-state index in [0.29, 0.717) is 27.4 Å². The number of hydrogen-bond donors (Lipinski definition) is 1. The van der Waals surface area contributed by atoms with Crippen molar-refractivity contribution in [3.63, 3.8) is 0 Å². The number of anilines is 1. The monoisotopic (exact) mass is 567 g/mol. The van der Waals surface area contributed by atoms with Gasteiger partial charge in [-0.3, -0.25) is 9.48 Å². The Hall–Kier alpha value is -3.37. The van der Waals surface area contributed by atoms with E-state index >= 15 is 0 Å². The molecule has 1 N–H and O–H groups in total. The third kappa shape index (κ3) is 5.66. The standard InChI is InChI=1S/C24H15BrClF4N3O2/c25-16-11-33(10-15-3-1-2-4-17(15)26)32-23(16)31-24(34)14-7-5-13(6-8-14)12-35-22-20(29)18(27)9-19(28)21(22)30/h1-9,11H,10,12H2,(H,31,32,34). The summed E-state index contributed by atoms with van der Waals surface area (Å²) in [7, 11) is 0. The third-order valence-corrected chi connectivity index (χ3v) is 5.86. The Morgan fingerprint density at radius 2 is 1.69 bits per heavy atom. The van der Waals surface area contributed by atoms with Crippen LogP contribution in [-0.4, -0.2) is 15.7 Å². The quantitative estimate of drug-likeness (QED) is 0.199. The van der Waals surface area contributed by atoms with E-state index in [2.05, 4.69) is 26.3 Å². The van der Waals surface area contributed by atoms with E-state index < -0.39 is 34.9 Å². The van der Waals surface area contributed by atoms with E-state index in [9.17, 15) is 22.4 Å². The predicted molar refractivity (Wildman–Crippen MR) is 125 cm³/mol. The molecule has 3 aromatic carbocycles. The van der Waals surface area contributed by atoms with Gasteiger partial charge in [0, 0.05) is 22.8 Å². The van der Waals surface area contributed by atoms with E-state index in [4.69, 9.17) is 16.3 Å². The molecule has 0 saturated carbocycles. The molecule has 1 aromatic heterocycles. The molecule has 11 heteroatoms. The van der Waals surface area contributed by atoms with Gasteiger partial charge in [-0.2, -0.15) is 13.9 Å². The molecule has 0 atom stereocenters. The Labute approximate surface area is 210 Å². The van der Waals surface area contributed by atoms with Crippen LogP contribution in [0.3, 0.4) is 0 Å². The number of nitrogens with one attached hydrogen (secondary N) is 1. The SMILES string of the molecule is O=C(Nc1nn(Cc2ccccc2Cl)cc1Br)c1ccc(COc2c(F)c(F)cc(F)c2F)cc1. The van der Waals surface area contributed by atoms with Crippen LogP contribution in [0.4, 0.5) is 23.4 Å². The maximum atomic E-state index is 13.7. The first-order valence-electron chi connectivity index (χ1n) is 10.1. The molecule has 1 heterocycles. The molecule has 35 heavy (non-hydrogen) atoms. The number of carbonyl (C=O) groups is 1.